The molecule has 0 amide bonds. The van der Waals surface area contributed by atoms with Gasteiger partial charge in [-0.2, -0.15) is 4.31 Å². The standard InChI is InChI=1S/C7H13NO2S/c1-11(9,10)8-6-4-2-3-5-7(6)8/h6-7H,2-5H2,1H3. The van der Waals surface area contributed by atoms with Crippen LogP contribution >= 0.6 is 0 Å². The number of hydrogen-bond acceptors (Lipinski definition) is 2. The molecule has 3 nitrogen and oxygen atoms in total. The Morgan fingerprint density at radius 1 is 1.18 bits per heavy atom. The number of rotatable bonds is 1. The smallest absolute Gasteiger partial charge is 0.211 e. The van der Waals surface area contributed by atoms with Crippen molar-refractivity contribution < 1.29 is 8.42 Å². The molecule has 0 aromatic heterocycles. The summed E-state index contributed by atoms with van der Waals surface area (Å²) >= 11 is 0. The molecule has 11 heavy (non-hydrogen) atoms. The molecule has 0 radical (unpaired) electrons. The van der Waals surface area contributed by atoms with Gasteiger partial charge in [-0.3, -0.25) is 0 Å². The zero-order valence-electron chi connectivity index (χ0n) is 6.66. The third-order valence-corrected chi connectivity index (χ3v) is 3.95. The molecule has 1 aliphatic carbocycles. The Hall–Kier alpha value is -0.0900. The SMILES string of the molecule is CS(=O)(=O)N1C2CCCCC21. The normalized spacial score (nSPS) is 43.2. The lowest BCUT2D eigenvalue weighted by atomic mass is 10.0. The summed E-state index contributed by atoms with van der Waals surface area (Å²) in [5.41, 5.74) is 0. The van der Waals surface area contributed by atoms with Crippen LogP contribution in [-0.4, -0.2) is 31.1 Å². The summed E-state index contributed by atoms with van der Waals surface area (Å²) in [4.78, 5) is 0. The van der Waals surface area contributed by atoms with Gasteiger partial charge in [0.2, 0.25) is 10.0 Å². The molecule has 2 fully saturated rings. The van der Waals surface area contributed by atoms with Crippen molar-refractivity contribution in [1.29, 1.82) is 0 Å². The third-order valence-electron chi connectivity index (χ3n) is 2.64. The first-order valence-electron chi connectivity index (χ1n) is 4.09. The molecule has 0 N–H and O–H groups in total. The molecule has 2 atom stereocenters. The maximum Gasteiger partial charge on any atom is 0.211 e. The second-order valence-electron chi connectivity index (χ2n) is 3.51. The van der Waals surface area contributed by atoms with E-state index in [0.29, 0.717) is 12.1 Å². The Balaban J connectivity index is 2.12. The van der Waals surface area contributed by atoms with Crippen LogP contribution in [0.3, 0.4) is 0 Å². The zero-order valence-corrected chi connectivity index (χ0v) is 7.47. The molecule has 4 heteroatoms. The molecule has 64 valence electrons. The second-order valence-corrected chi connectivity index (χ2v) is 5.40. The van der Waals surface area contributed by atoms with Gasteiger partial charge in [0, 0.05) is 12.1 Å². The molecule has 0 spiro atoms. The minimum absolute atomic E-state index is 0.374. The molecule has 0 aromatic rings. The van der Waals surface area contributed by atoms with Gasteiger partial charge in [0.05, 0.1) is 6.26 Å². The predicted octanol–water partition coefficient (Wildman–Crippen LogP) is 0.573. The molecule has 2 rings (SSSR count). The van der Waals surface area contributed by atoms with Gasteiger partial charge in [0.15, 0.2) is 0 Å². The highest BCUT2D eigenvalue weighted by Crippen LogP contribution is 2.42. The van der Waals surface area contributed by atoms with Crippen molar-refractivity contribution in [3.63, 3.8) is 0 Å². The Labute approximate surface area is 67.4 Å². The van der Waals surface area contributed by atoms with E-state index in [2.05, 4.69) is 0 Å². The summed E-state index contributed by atoms with van der Waals surface area (Å²) in [5.74, 6) is 0. The van der Waals surface area contributed by atoms with E-state index in [0.717, 1.165) is 12.8 Å². The van der Waals surface area contributed by atoms with E-state index in [9.17, 15) is 8.42 Å². The van der Waals surface area contributed by atoms with Gasteiger partial charge < -0.3 is 0 Å². The average Bonchev–Trinajstić information content (AvgIpc) is 2.58. The molecule has 1 aliphatic heterocycles. The maximum atomic E-state index is 11.1. The Bertz CT molecular complexity index is 248. The fourth-order valence-corrected chi connectivity index (χ4v) is 3.57. The Morgan fingerprint density at radius 3 is 2.00 bits per heavy atom. The molecule has 1 heterocycles. The topological polar surface area (TPSA) is 37.1 Å². The van der Waals surface area contributed by atoms with Crippen molar-refractivity contribution >= 4 is 10.0 Å². The van der Waals surface area contributed by atoms with Crippen molar-refractivity contribution in [2.75, 3.05) is 6.26 Å². The van der Waals surface area contributed by atoms with E-state index >= 15 is 0 Å². The number of sulfonamides is 1. The van der Waals surface area contributed by atoms with Crippen LogP contribution in [0.4, 0.5) is 0 Å². The molecular formula is C7H13NO2S. The van der Waals surface area contributed by atoms with Crippen molar-refractivity contribution in [3.05, 3.63) is 0 Å². The summed E-state index contributed by atoms with van der Waals surface area (Å²) in [6.45, 7) is 0. The number of hydrogen-bond donors (Lipinski definition) is 0. The Morgan fingerprint density at radius 2 is 1.64 bits per heavy atom. The van der Waals surface area contributed by atoms with E-state index < -0.39 is 10.0 Å². The molecule has 2 aliphatic rings. The van der Waals surface area contributed by atoms with E-state index in [1.165, 1.54) is 19.1 Å². The van der Waals surface area contributed by atoms with Crippen molar-refractivity contribution in [3.8, 4) is 0 Å². The van der Waals surface area contributed by atoms with Crippen LogP contribution in [0, 0.1) is 0 Å². The molecule has 0 aromatic carbocycles. The third kappa shape index (κ3) is 1.18. The quantitative estimate of drug-likeness (QED) is 0.546. The highest BCUT2D eigenvalue weighted by molar-refractivity contribution is 7.88. The molecule has 2 unspecified atom stereocenters. The zero-order chi connectivity index (χ0) is 8.06. The van der Waals surface area contributed by atoms with Gasteiger partial charge in [0.25, 0.3) is 0 Å². The van der Waals surface area contributed by atoms with Crippen LogP contribution in [0.5, 0.6) is 0 Å². The number of nitrogens with zero attached hydrogens (tertiary/aromatic N) is 1. The molecule has 1 saturated carbocycles. The van der Waals surface area contributed by atoms with Crippen LogP contribution in [0.25, 0.3) is 0 Å². The van der Waals surface area contributed by atoms with E-state index in [4.69, 9.17) is 0 Å². The minimum atomic E-state index is -2.88. The maximum absolute atomic E-state index is 11.1. The van der Waals surface area contributed by atoms with Crippen LogP contribution in [0.15, 0.2) is 0 Å². The van der Waals surface area contributed by atoms with Gasteiger partial charge in [0.1, 0.15) is 0 Å². The van der Waals surface area contributed by atoms with Crippen LogP contribution in [0.2, 0.25) is 0 Å². The Kier molecular flexibility index (Phi) is 1.51. The summed E-state index contributed by atoms with van der Waals surface area (Å²) in [6, 6.07) is 0.748. The first-order valence-corrected chi connectivity index (χ1v) is 5.94. The molecule has 1 saturated heterocycles. The fourth-order valence-electron chi connectivity index (χ4n) is 2.15. The summed E-state index contributed by atoms with van der Waals surface area (Å²) in [5, 5.41) is 0. The highest BCUT2D eigenvalue weighted by Gasteiger charge is 2.53. The first-order chi connectivity index (χ1) is 5.11. The van der Waals surface area contributed by atoms with Gasteiger partial charge in [-0.15, -0.1) is 0 Å². The average molecular weight is 175 g/mol. The lowest BCUT2D eigenvalue weighted by Gasteiger charge is -2.02. The van der Waals surface area contributed by atoms with Crippen LogP contribution in [-0.2, 0) is 10.0 Å². The molecular weight excluding hydrogens is 162 g/mol. The summed E-state index contributed by atoms with van der Waals surface area (Å²) in [7, 11) is -2.88. The van der Waals surface area contributed by atoms with Gasteiger partial charge in [-0.05, 0) is 12.8 Å². The highest BCUT2D eigenvalue weighted by atomic mass is 32.2. The van der Waals surface area contributed by atoms with Gasteiger partial charge in [-0.25, -0.2) is 8.42 Å². The fraction of sp³-hybridized carbons (Fsp3) is 1.00. The van der Waals surface area contributed by atoms with Crippen LogP contribution in [0.1, 0.15) is 25.7 Å². The van der Waals surface area contributed by atoms with Gasteiger partial charge in [-0.1, -0.05) is 12.8 Å². The summed E-state index contributed by atoms with van der Waals surface area (Å²) in [6.07, 6.45) is 5.88. The van der Waals surface area contributed by atoms with Crippen LogP contribution < -0.4 is 0 Å². The van der Waals surface area contributed by atoms with Gasteiger partial charge >= 0.3 is 0 Å². The molecule has 0 bridgehead atoms. The predicted molar refractivity (Wildman–Crippen MR) is 42.7 cm³/mol. The first kappa shape index (κ1) is 7.55. The monoisotopic (exact) mass is 175 g/mol. The lowest BCUT2D eigenvalue weighted by Crippen LogP contribution is -2.12. The minimum Gasteiger partial charge on any atom is -0.212 e. The number of fused-ring (bicyclic) bond motifs is 1. The van der Waals surface area contributed by atoms with E-state index in [-0.39, 0.29) is 0 Å². The summed E-state index contributed by atoms with van der Waals surface area (Å²) < 4.78 is 23.8. The van der Waals surface area contributed by atoms with Crippen molar-refractivity contribution in [2.24, 2.45) is 0 Å². The van der Waals surface area contributed by atoms with E-state index in [1.54, 1.807) is 4.31 Å². The lowest BCUT2D eigenvalue weighted by molar-refractivity contribution is 0.551. The van der Waals surface area contributed by atoms with Crippen molar-refractivity contribution in [1.82, 2.24) is 4.31 Å². The largest absolute Gasteiger partial charge is 0.212 e. The second kappa shape index (κ2) is 2.20. The van der Waals surface area contributed by atoms with E-state index in [1.807, 2.05) is 0 Å². The van der Waals surface area contributed by atoms with Crippen molar-refractivity contribution in [2.45, 2.75) is 37.8 Å².